The van der Waals surface area contributed by atoms with Crippen molar-refractivity contribution >= 4 is 17.7 Å². The highest BCUT2D eigenvalue weighted by molar-refractivity contribution is 6.21. The number of hydrogen-bond donors (Lipinski definition) is 0. The van der Waals surface area contributed by atoms with E-state index in [2.05, 4.69) is 0 Å². The molecule has 1 aliphatic heterocycles. The third-order valence-electron chi connectivity index (χ3n) is 5.77. The van der Waals surface area contributed by atoms with Gasteiger partial charge in [0.2, 0.25) is 0 Å². The normalized spacial score (nSPS) is 16.5. The fraction of sp³-hybridized carbons (Fsp3) is 0.348. The SMILES string of the molecule is CN(CC1CCCC1)C(=O)c1ccc(CN2C(=O)c3ccccc3C2=O)cc1. The molecule has 0 aromatic heterocycles. The Hall–Kier alpha value is -2.95. The van der Waals surface area contributed by atoms with Crippen LogP contribution in [0.5, 0.6) is 0 Å². The van der Waals surface area contributed by atoms with Crippen LogP contribution in [0.4, 0.5) is 0 Å². The van der Waals surface area contributed by atoms with Crippen LogP contribution in [0.15, 0.2) is 48.5 Å². The van der Waals surface area contributed by atoms with Gasteiger partial charge in [0.05, 0.1) is 17.7 Å². The van der Waals surface area contributed by atoms with E-state index < -0.39 is 0 Å². The summed E-state index contributed by atoms with van der Waals surface area (Å²) in [7, 11) is 1.85. The number of rotatable bonds is 5. The van der Waals surface area contributed by atoms with Gasteiger partial charge in [-0.1, -0.05) is 37.1 Å². The van der Waals surface area contributed by atoms with Gasteiger partial charge in [-0.15, -0.1) is 0 Å². The Morgan fingerprint density at radius 1 is 0.964 bits per heavy atom. The van der Waals surface area contributed by atoms with Gasteiger partial charge in [-0.3, -0.25) is 19.3 Å². The van der Waals surface area contributed by atoms with E-state index in [-0.39, 0.29) is 24.3 Å². The highest BCUT2D eigenvalue weighted by Crippen LogP contribution is 2.26. The lowest BCUT2D eigenvalue weighted by Crippen LogP contribution is -2.31. The lowest BCUT2D eigenvalue weighted by Gasteiger charge is -2.21. The molecule has 1 saturated carbocycles. The molecule has 0 saturated heterocycles. The molecule has 0 N–H and O–H groups in total. The van der Waals surface area contributed by atoms with Crippen molar-refractivity contribution in [1.82, 2.24) is 9.80 Å². The second-order valence-corrected chi connectivity index (χ2v) is 7.78. The van der Waals surface area contributed by atoms with Gasteiger partial charge >= 0.3 is 0 Å². The molecule has 144 valence electrons. The standard InChI is InChI=1S/C23H24N2O3/c1-24(14-16-6-2-3-7-16)21(26)18-12-10-17(11-13-18)15-25-22(27)19-8-4-5-9-20(19)23(25)28/h4-5,8-13,16H,2-3,6-7,14-15H2,1H3. The van der Waals surface area contributed by atoms with E-state index in [0.717, 1.165) is 12.1 Å². The number of fused-ring (bicyclic) bond motifs is 1. The smallest absolute Gasteiger partial charge is 0.261 e. The number of amides is 3. The Kier molecular flexibility index (Phi) is 4.99. The van der Waals surface area contributed by atoms with E-state index in [0.29, 0.717) is 22.6 Å². The molecular weight excluding hydrogens is 352 g/mol. The first-order chi connectivity index (χ1) is 13.5. The number of hydrogen-bond acceptors (Lipinski definition) is 3. The molecule has 1 fully saturated rings. The van der Waals surface area contributed by atoms with Crippen LogP contribution in [0.25, 0.3) is 0 Å². The van der Waals surface area contributed by atoms with Crippen molar-refractivity contribution in [2.45, 2.75) is 32.2 Å². The summed E-state index contributed by atoms with van der Waals surface area (Å²) < 4.78 is 0. The second kappa shape index (κ2) is 7.58. The monoisotopic (exact) mass is 376 g/mol. The third-order valence-corrected chi connectivity index (χ3v) is 5.77. The average Bonchev–Trinajstić information content (AvgIpc) is 3.31. The number of carbonyl (C=O) groups excluding carboxylic acids is 3. The largest absolute Gasteiger partial charge is 0.341 e. The van der Waals surface area contributed by atoms with E-state index in [4.69, 9.17) is 0 Å². The molecule has 0 unspecified atom stereocenters. The van der Waals surface area contributed by atoms with Crippen LogP contribution in [0.2, 0.25) is 0 Å². The van der Waals surface area contributed by atoms with Gasteiger partial charge in [-0.25, -0.2) is 0 Å². The highest BCUT2D eigenvalue weighted by Gasteiger charge is 2.34. The van der Waals surface area contributed by atoms with Gasteiger partial charge in [-0.2, -0.15) is 0 Å². The van der Waals surface area contributed by atoms with Crippen molar-refractivity contribution in [2.75, 3.05) is 13.6 Å². The topological polar surface area (TPSA) is 57.7 Å². The zero-order valence-corrected chi connectivity index (χ0v) is 16.1. The average molecular weight is 376 g/mol. The minimum atomic E-state index is -0.267. The predicted molar refractivity (Wildman–Crippen MR) is 106 cm³/mol. The Bertz CT molecular complexity index is 879. The molecule has 1 aliphatic carbocycles. The molecule has 0 radical (unpaired) electrons. The van der Waals surface area contributed by atoms with Crippen molar-refractivity contribution < 1.29 is 14.4 Å². The molecule has 0 spiro atoms. The fourth-order valence-electron chi connectivity index (χ4n) is 4.20. The van der Waals surface area contributed by atoms with Crippen LogP contribution in [0.3, 0.4) is 0 Å². The maximum atomic E-state index is 12.6. The second-order valence-electron chi connectivity index (χ2n) is 7.78. The van der Waals surface area contributed by atoms with Crippen LogP contribution < -0.4 is 0 Å². The van der Waals surface area contributed by atoms with Gasteiger partial charge in [0.15, 0.2) is 0 Å². The van der Waals surface area contributed by atoms with Crippen molar-refractivity contribution in [3.63, 3.8) is 0 Å². The molecule has 1 heterocycles. The molecule has 0 bridgehead atoms. The van der Waals surface area contributed by atoms with Crippen LogP contribution in [0.1, 0.15) is 62.3 Å². The van der Waals surface area contributed by atoms with Gasteiger partial charge in [0, 0.05) is 19.2 Å². The number of carbonyl (C=O) groups is 3. The first kappa shape index (κ1) is 18.4. The quantitative estimate of drug-likeness (QED) is 0.747. The Morgan fingerprint density at radius 3 is 2.11 bits per heavy atom. The van der Waals surface area contributed by atoms with Crippen molar-refractivity contribution in [2.24, 2.45) is 5.92 Å². The minimum Gasteiger partial charge on any atom is -0.341 e. The molecular formula is C23H24N2O3. The summed E-state index contributed by atoms with van der Waals surface area (Å²) >= 11 is 0. The lowest BCUT2D eigenvalue weighted by molar-refractivity contribution is 0.0641. The first-order valence-electron chi connectivity index (χ1n) is 9.84. The summed E-state index contributed by atoms with van der Waals surface area (Å²) in [5.74, 6) is 0.0929. The van der Waals surface area contributed by atoms with Gasteiger partial charge < -0.3 is 4.90 Å². The van der Waals surface area contributed by atoms with E-state index in [1.54, 1.807) is 41.3 Å². The molecule has 5 nitrogen and oxygen atoms in total. The van der Waals surface area contributed by atoms with Crippen LogP contribution >= 0.6 is 0 Å². The minimum absolute atomic E-state index is 0.0131. The molecule has 2 aromatic carbocycles. The third kappa shape index (κ3) is 3.44. The Balaban J connectivity index is 1.42. The van der Waals surface area contributed by atoms with Gasteiger partial charge in [0.25, 0.3) is 17.7 Å². The van der Waals surface area contributed by atoms with Crippen LogP contribution in [0, 0.1) is 5.92 Å². The summed E-state index contributed by atoms with van der Waals surface area (Å²) in [5.41, 5.74) is 2.36. The number of benzene rings is 2. The lowest BCUT2D eigenvalue weighted by atomic mass is 10.1. The Morgan fingerprint density at radius 2 is 1.54 bits per heavy atom. The Labute approximate surface area is 164 Å². The summed E-state index contributed by atoms with van der Waals surface area (Å²) in [6.07, 6.45) is 4.94. The summed E-state index contributed by atoms with van der Waals surface area (Å²) in [5, 5.41) is 0. The highest BCUT2D eigenvalue weighted by atomic mass is 16.2. The van der Waals surface area contributed by atoms with Crippen molar-refractivity contribution in [3.8, 4) is 0 Å². The van der Waals surface area contributed by atoms with E-state index >= 15 is 0 Å². The molecule has 5 heteroatoms. The van der Waals surface area contributed by atoms with Gasteiger partial charge in [-0.05, 0) is 48.6 Å². The predicted octanol–water partition coefficient (Wildman–Crippen LogP) is 3.75. The summed E-state index contributed by atoms with van der Waals surface area (Å²) in [6, 6.07) is 14.1. The van der Waals surface area contributed by atoms with E-state index in [1.807, 2.05) is 19.2 Å². The molecule has 4 rings (SSSR count). The van der Waals surface area contributed by atoms with Crippen LogP contribution in [-0.4, -0.2) is 41.1 Å². The summed E-state index contributed by atoms with van der Waals surface area (Å²) in [6.45, 7) is 1.01. The van der Waals surface area contributed by atoms with Crippen molar-refractivity contribution in [1.29, 1.82) is 0 Å². The first-order valence-corrected chi connectivity index (χ1v) is 9.84. The molecule has 2 aromatic rings. The molecule has 3 amide bonds. The maximum Gasteiger partial charge on any atom is 0.261 e. The zero-order valence-electron chi connectivity index (χ0n) is 16.1. The molecule has 2 aliphatic rings. The fourth-order valence-corrected chi connectivity index (χ4v) is 4.20. The van der Waals surface area contributed by atoms with Crippen LogP contribution in [-0.2, 0) is 6.54 Å². The molecule has 0 atom stereocenters. The molecule has 28 heavy (non-hydrogen) atoms. The maximum absolute atomic E-state index is 12.6. The summed E-state index contributed by atoms with van der Waals surface area (Å²) in [4.78, 5) is 40.7. The van der Waals surface area contributed by atoms with E-state index in [9.17, 15) is 14.4 Å². The van der Waals surface area contributed by atoms with Crippen molar-refractivity contribution in [3.05, 3.63) is 70.8 Å². The number of nitrogens with zero attached hydrogens (tertiary/aromatic N) is 2. The van der Waals surface area contributed by atoms with Gasteiger partial charge in [0.1, 0.15) is 0 Å². The zero-order chi connectivity index (χ0) is 19.7. The van der Waals surface area contributed by atoms with E-state index in [1.165, 1.54) is 30.6 Å². The number of imide groups is 1.